The van der Waals surface area contributed by atoms with E-state index in [4.69, 9.17) is 4.74 Å². The van der Waals surface area contributed by atoms with E-state index in [0.717, 1.165) is 68.6 Å². The average molecular weight is 373 g/mol. The molecular weight excluding hydrogens is 340 g/mol. The molecule has 5 heteroatoms. The Hall–Kier alpha value is -1.88. The second-order valence-electron chi connectivity index (χ2n) is 8.24. The maximum absolute atomic E-state index is 13.2. The standard InChI is InChI=1S/C22H32N2O3/c1-17-7-4-8-19(18(17)2)21(26)24-12-5-10-22(16-24)11-9-20(25)23(15-22)13-6-14-27-3/h4,7-8H,5-6,9-16H2,1-3H3. The highest BCUT2D eigenvalue weighted by Gasteiger charge is 2.42. The molecule has 0 N–H and O–H groups in total. The highest BCUT2D eigenvalue weighted by atomic mass is 16.5. The number of ether oxygens (including phenoxy) is 1. The molecule has 5 nitrogen and oxygen atoms in total. The Morgan fingerprint density at radius 3 is 2.81 bits per heavy atom. The van der Waals surface area contributed by atoms with E-state index in [1.54, 1.807) is 7.11 Å². The van der Waals surface area contributed by atoms with Crippen LogP contribution in [-0.4, -0.2) is 61.5 Å². The fourth-order valence-corrected chi connectivity index (χ4v) is 4.57. The summed E-state index contributed by atoms with van der Waals surface area (Å²) in [5, 5.41) is 0. The van der Waals surface area contributed by atoms with Gasteiger partial charge in [0, 0.05) is 57.3 Å². The number of aryl methyl sites for hydroxylation is 1. The summed E-state index contributed by atoms with van der Waals surface area (Å²) in [7, 11) is 1.69. The lowest BCUT2D eigenvalue weighted by Crippen LogP contribution is -2.55. The highest BCUT2D eigenvalue weighted by molar-refractivity contribution is 5.96. The van der Waals surface area contributed by atoms with Crippen molar-refractivity contribution < 1.29 is 14.3 Å². The van der Waals surface area contributed by atoms with Gasteiger partial charge in [0.25, 0.3) is 5.91 Å². The van der Waals surface area contributed by atoms with Crippen molar-refractivity contribution in [3.8, 4) is 0 Å². The first kappa shape index (κ1) is 19.9. The smallest absolute Gasteiger partial charge is 0.254 e. The quantitative estimate of drug-likeness (QED) is 0.746. The molecule has 0 radical (unpaired) electrons. The lowest BCUT2D eigenvalue weighted by atomic mass is 9.73. The summed E-state index contributed by atoms with van der Waals surface area (Å²) in [4.78, 5) is 29.5. The number of hydrogen-bond donors (Lipinski definition) is 0. The Morgan fingerprint density at radius 2 is 2.04 bits per heavy atom. The summed E-state index contributed by atoms with van der Waals surface area (Å²) >= 11 is 0. The predicted molar refractivity (Wildman–Crippen MR) is 106 cm³/mol. The van der Waals surface area contributed by atoms with Crippen LogP contribution in [-0.2, 0) is 9.53 Å². The maximum Gasteiger partial charge on any atom is 0.254 e. The second-order valence-corrected chi connectivity index (χ2v) is 8.24. The average Bonchev–Trinajstić information content (AvgIpc) is 2.67. The first-order chi connectivity index (χ1) is 13.0. The van der Waals surface area contributed by atoms with Crippen LogP contribution >= 0.6 is 0 Å². The van der Waals surface area contributed by atoms with Gasteiger partial charge in [-0.05, 0) is 56.7 Å². The molecule has 27 heavy (non-hydrogen) atoms. The number of amides is 2. The fourth-order valence-electron chi connectivity index (χ4n) is 4.57. The van der Waals surface area contributed by atoms with Gasteiger partial charge in [0.15, 0.2) is 0 Å². The Labute approximate surface area is 162 Å². The van der Waals surface area contributed by atoms with E-state index < -0.39 is 0 Å². The molecule has 2 fully saturated rings. The van der Waals surface area contributed by atoms with Gasteiger partial charge < -0.3 is 14.5 Å². The van der Waals surface area contributed by atoms with Crippen molar-refractivity contribution in [2.24, 2.45) is 5.41 Å². The summed E-state index contributed by atoms with van der Waals surface area (Å²) < 4.78 is 5.13. The van der Waals surface area contributed by atoms with Crippen molar-refractivity contribution in [1.29, 1.82) is 0 Å². The van der Waals surface area contributed by atoms with Crippen LogP contribution in [0.2, 0.25) is 0 Å². The number of carbonyl (C=O) groups is 2. The van der Waals surface area contributed by atoms with Gasteiger partial charge in [0.05, 0.1) is 0 Å². The molecule has 0 bridgehead atoms. The number of piperidine rings is 2. The molecule has 148 valence electrons. The van der Waals surface area contributed by atoms with E-state index in [-0.39, 0.29) is 17.2 Å². The van der Waals surface area contributed by atoms with Gasteiger partial charge in [-0.25, -0.2) is 0 Å². The normalized spacial score (nSPS) is 23.1. The van der Waals surface area contributed by atoms with Crippen molar-refractivity contribution in [3.63, 3.8) is 0 Å². The number of hydrogen-bond acceptors (Lipinski definition) is 3. The lowest BCUT2D eigenvalue weighted by molar-refractivity contribution is -0.139. The SMILES string of the molecule is COCCCN1CC2(CCCN(C(=O)c3cccc(C)c3C)C2)CCC1=O. The number of rotatable bonds is 5. The zero-order chi connectivity index (χ0) is 19.4. The number of methoxy groups -OCH3 is 1. The summed E-state index contributed by atoms with van der Waals surface area (Å²) in [5.74, 6) is 0.382. The van der Waals surface area contributed by atoms with Crippen molar-refractivity contribution in [2.75, 3.05) is 39.9 Å². The van der Waals surface area contributed by atoms with Crippen LogP contribution in [0.1, 0.15) is 53.6 Å². The van der Waals surface area contributed by atoms with E-state index >= 15 is 0 Å². The molecule has 3 rings (SSSR count). The first-order valence-corrected chi connectivity index (χ1v) is 10.1. The molecule has 2 amide bonds. The first-order valence-electron chi connectivity index (χ1n) is 10.1. The van der Waals surface area contributed by atoms with E-state index in [2.05, 4.69) is 13.0 Å². The van der Waals surface area contributed by atoms with Crippen LogP contribution in [0, 0.1) is 19.3 Å². The van der Waals surface area contributed by atoms with Crippen LogP contribution in [0.4, 0.5) is 0 Å². The van der Waals surface area contributed by atoms with Gasteiger partial charge in [-0.2, -0.15) is 0 Å². The van der Waals surface area contributed by atoms with Crippen LogP contribution in [0.15, 0.2) is 18.2 Å². The predicted octanol–water partition coefficient (Wildman–Crippen LogP) is 3.18. The Bertz CT molecular complexity index is 703. The van der Waals surface area contributed by atoms with Gasteiger partial charge in [-0.15, -0.1) is 0 Å². The number of likely N-dealkylation sites (tertiary alicyclic amines) is 2. The molecule has 1 unspecified atom stereocenters. The van der Waals surface area contributed by atoms with E-state index in [1.807, 2.05) is 28.9 Å². The van der Waals surface area contributed by atoms with E-state index in [1.165, 1.54) is 0 Å². The summed E-state index contributed by atoms with van der Waals surface area (Å²) in [6, 6.07) is 5.95. The third kappa shape index (κ3) is 4.34. The minimum Gasteiger partial charge on any atom is -0.385 e. The number of benzene rings is 1. The van der Waals surface area contributed by atoms with E-state index in [0.29, 0.717) is 13.0 Å². The molecule has 1 spiro atoms. The zero-order valence-corrected chi connectivity index (χ0v) is 16.9. The molecule has 2 heterocycles. The molecular formula is C22H32N2O3. The molecule has 2 aliphatic rings. The Balaban J connectivity index is 1.72. The second kappa shape index (κ2) is 8.42. The topological polar surface area (TPSA) is 49.9 Å². The molecule has 1 aromatic rings. The number of nitrogens with zero attached hydrogens (tertiary/aromatic N) is 2. The largest absolute Gasteiger partial charge is 0.385 e. The highest BCUT2D eigenvalue weighted by Crippen LogP contribution is 2.39. The van der Waals surface area contributed by atoms with Crippen molar-refractivity contribution >= 4 is 11.8 Å². The minimum absolute atomic E-state index is 0.0482. The van der Waals surface area contributed by atoms with Gasteiger partial charge in [0.2, 0.25) is 5.91 Å². The molecule has 2 aliphatic heterocycles. The van der Waals surface area contributed by atoms with Crippen molar-refractivity contribution in [3.05, 3.63) is 34.9 Å². The number of carbonyl (C=O) groups excluding carboxylic acids is 2. The third-order valence-corrected chi connectivity index (χ3v) is 6.31. The molecule has 0 aliphatic carbocycles. The van der Waals surface area contributed by atoms with Crippen LogP contribution in [0.5, 0.6) is 0 Å². The molecule has 2 saturated heterocycles. The monoisotopic (exact) mass is 372 g/mol. The van der Waals surface area contributed by atoms with Gasteiger partial charge in [-0.1, -0.05) is 12.1 Å². The zero-order valence-electron chi connectivity index (χ0n) is 16.9. The third-order valence-electron chi connectivity index (χ3n) is 6.31. The Morgan fingerprint density at radius 1 is 1.22 bits per heavy atom. The van der Waals surface area contributed by atoms with E-state index in [9.17, 15) is 9.59 Å². The summed E-state index contributed by atoms with van der Waals surface area (Å²) in [5.41, 5.74) is 3.09. The van der Waals surface area contributed by atoms with Crippen molar-refractivity contribution in [2.45, 2.75) is 46.0 Å². The minimum atomic E-state index is 0.0482. The van der Waals surface area contributed by atoms with Gasteiger partial charge in [-0.3, -0.25) is 9.59 Å². The van der Waals surface area contributed by atoms with Gasteiger partial charge >= 0.3 is 0 Å². The summed E-state index contributed by atoms with van der Waals surface area (Å²) in [6.07, 6.45) is 4.46. The molecule has 1 aromatic carbocycles. The van der Waals surface area contributed by atoms with Crippen LogP contribution in [0.25, 0.3) is 0 Å². The molecule has 0 aromatic heterocycles. The van der Waals surface area contributed by atoms with Crippen molar-refractivity contribution in [1.82, 2.24) is 9.80 Å². The lowest BCUT2D eigenvalue weighted by Gasteiger charge is -2.48. The van der Waals surface area contributed by atoms with Crippen LogP contribution < -0.4 is 0 Å². The Kier molecular flexibility index (Phi) is 6.20. The maximum atomic E-state index is 13.2. The summed E-state index contributed by atoms with van der Waals surface area (Å²) in [6.45, 7) is 7.84. The fraction of sp³-hybridized carbons (Fsp3) is 0.636. The molecule has 0 saturated carbocycles. The van der Waals surface area contributed by atoms with Crippen LogP contribution in [0.3, 0.4) is 0 Å². The molecule has 1 atom stereocenters. The van der Waals surface area contributed by atoms with Gasteiger partial charge in [0.1, 0.15) is 0 Å².